The molecule has 2 nitrogen and oxygen atoms in total. The zero-order chi connectivity index (χ0) is 12.8. The molecule has 0 heterocycles. The van der Waals surface area contributed by atoms with Crippen LogP contribution in [-0.2, 0) is 0 Å². The molecule has 96 valence electrons. The summed E-state index contributed by atoms with van der Waals surface area (Å²) in [5, 5.41) is 4.20. The minimum atomic E-state index is 0.174. The van der Waals surface area contributed by atoms with Gasteiger partial charge < -0.3 is 10.1 Å². The molecule has 3 heteroatoms. The molecule has 0 aliphatic carbocycles. The molecule has 0 radical (unpaired) electrons. The topological polar surface area (TPSA) is 21.3 Å². The van der Waals surface area contributed by atoms with E-state index in [-0.39, 0.29) is 12.1 Å². The lowest BCUT2D eigenvalue weighted by molar-refractivity contribution is 0.238. The molecule has 1 unspecified atom stereocenters. The monoisotopic (exact) mass is 255 g/mol. The third-order valence-electron chi connectivity index (χ3n) is 2.50. The van der Waals surface area contributed by atoms with Crippen molar-refractivity contribution < 1.29 is 4.74 Å². The van der Waals surface area contributed by atoms with Gasteiger partial charge in [-0.25, -0.2) is 0 Å². The van der Waals surface area contributed by atoms with E-state index in [4.69, 9.17) is 16.3 Å². The first-order valence-electron chi connectivity index (χ1n) is 6.24. The highest BCUT2D eigenvalue weighted by Gasteiger charge is 2.12. The minimum absolute atomic E-state index is 0.174. The van der Waals surface area contributed by atoms with Gasteiger partial charge in [0.05, 0.1) is 6.10 Å². The van der Waals surface area contributed by atoms with E-state index in [1.165, 1.54) is 0 Å². The molecule has 0 spiro atoms. The summed E-state index contributed by atoms with van der Waals surface area (Å²) in [6, 6.07) is 6.05. The van der Waals surface area contributed by atoms with Crippen LogP contribution in [-0.4, -0.2) is 12.6 Å². The third-order valence-corrected chi connectivity index (χ3v) is 2.74. The van der Waals surface area contributed by atoms with Crippen molar-refractivity contribution in [2.75, 3.05) is 6.54 Å². The summed E-state index contributed by atoms with van der Waals surface area (Å²) in [4.78, 5) is 0. The summed E-state index contributed by atoms with van der Waals surface area (Å²) in [5.74, 6) is 0.917. The number of halogens is 1. The highest BCUT2D eigenvalue weighted by Crippen LogP contribution is 2.29. The molecule has 0 aliphatic rings. The molecule has 1 aromatic rings. The van der Waals surface area contributed by atoms with Gasteiger partial charge in [0, 0.05) is 16.6 Å². The van der Waals surface area contributed by atoms with E-state index in [1.54, 1.807) is 0 Å². The number of rotatable bonds is 6. The largest absolute Gasteiger partial charge is 0.491 e. The van der Waals surface area contributed by atoms with Gasteiger partial charge in [0.1, 0.15) is 5.75 Å². The van der Waals surface area contributed by atoms with Gasteiger partial charge in [-0.15, -0.1) is 0 Å². The molecular weight excluding hydrogens is 234 g/mol. The van der Waals surface area contributed by atoms with E-state index < -0.39 is 0 Å². The first-order chi connectivity index (χ1) is 8.04. The molecule has 0 saturated heterocycles. The van der Waals surface area contributed by atoms with Crippen LogP contribution in [0.2, 0.25) is 5.02 Å². The molecule has 0 fully saturated rings. The fraction of sp³-hybridized carbons (Fsp3) is 0.571. The van der Waals surface area contributed by atoms with E-state index in [9.17, 15) is 0 Å². The number of benzene rings is 1. The van der Waals surface area contributed by atoms with E-state index >= 15 is 0 Å². The molecule has 0 bridgehead atoms. The normalized spacial score (nSPS) is 12.8. The van der Waals surface area contributed by atoms with Crippen molar-refractivity contribution in [1.29, 1.82) is 0 Å². The van der Waals surface area contributed by atoms with Gasteiger partial charge in [-0.1, -0.05) is 18.5 Å². The SMILES string of the molecule is CCCNC(C)c1cc(Cl)ccc1OC(C)C. The third kappa shape index (κ3) is 4.57. The zero-order valence-electron chi connectivity index (χ0n) is 11.1. The van der Waals surface area contributed by atoms with E-state index in [1.807, 2.05) is 32.0 Å². The maximum atomic E-state index is 6.05. The maximum Gasteiger partial charge on any atom is 0.124 e. The fourth-order valence-corrected chi connectivity index (χ4v) is 1.87. The lowest BCUT2D eigenvalue weighted by Crippen LogP contribution is -2.20. The molecule has 1 N–H and O–H groups in total. The van der Waals surface area contributed by atoms with Gasteiger partial charge in [0.25, 0.3) is 0 Å². The van der Waals surface area contributed by atoms with E-state index in [2.05, 4.69) is 19.2 Å². The Bertz CT molecular complexity index is 352. The van der Waals surface area contributed by atoms with Crippen molar-refractivity contribution >= 4 is 11.6 Å². The summed E-state index contributed by atoms with van der Waals surface area (Å²) in [7, 11) is 0. The second-order valence-electron chi connectivity index (χ2n) is 4.52. The van der Waals surface area contributed by atoms with Crippen molar-refractivity contribution in [3.8, 4) is 5.75 Å². The first-order valence-corrected chi connectivity index (χ1v) is 6.61. The number of hydrogen-bond donors (Lipinski definition) is 1. The molecule has 1 rings (SSSR count). The van der Waals surface area contributed by atoms with Crippen molar-refractivity contribution in [1.82, 2.24) is 5.32 Å². The standard InChI is InChI=1S/C14H22ClNO/c1-5-8-16-11(4)13-9-12(15)6-7-14(13)17-10(2)3/h6-7,9-11,16H,5,8H2,1-4H3. The lowest BCUT2D eigenvalue weighted by Gasteiger charge is -2.20. The van der Waals surface area contributed by atoms with Crippen molar-refractivity contribution in [2.45, 2.75) is 46.3 Å². The smallest absolute Gasteiger partial charge is 0.124 e. The highest BCUT2D eigenvalue weighted by molar-refractivity contribution is 6.30. The lowest BCUT2D eigenvalue weighted by atomic mass is 10.1. The molecule has 0 aromatic heterocycles. The summed E-state index contributed by atoms with van der Waals surface area (Å²) in [6.45, 7) is 9.34. The second-order valence-corrected chi connectivity index (χ2v) is 4.96. The summed E-state index contributed by atoms with van der Waals surface area (Å²) < 4.78 is 5.80. The molecule has 0 aliphatic heterocycles. The van der Waals surface area contributed by atoms with Crippen LogP contribution in [0.1, 0.15) is 45.7 Å². The first kappa shape index (κ1) is 14.3. The number of nitrogens with one attached hydrogen (secondary N) is 1. The number of hydrogen-bond acceptors (Lipinski definition) is 2. The average molecular weight is 256 g/mol. The van der Waals surface area contributed by atoms with Gasteiger partial charge in [0.2, 0.25) is 0 Å². The van der Waals surface area contributed by atoms with Crippen LogP contribution in [0.3, 0.4) is 0 Å². The second kappa shape index (κ2) is 6.87. The quantitative estimate of drug-likeness (QED) is 0.823. The Balaban J connectivity index is 2.89. The van der Waals surface area contributed by atoms with E-state index in [0.29, 0.717) is 0 Å². The highest BCUT2D eigenvalue weighted by atomic mass is 35.5. The Hall–Kier alpha value is -0.730. The maximum absolute atomic E-state index is 6.05. The summed E-state index contributed by atoms with van der Waals surface area (Å²) >= 11 is 6.05. The fourth-order valence-electron chi connectivity index (χ4n) is 1.69. The van der Waals surface area contributed by atoms with Crippen LogP contribution in [0, 0.1) is 0 Å². The zero-order valence-corrected chi connectivity index (χ0v) is 11.8. The predicted octanol–water partition coefficient (Wildman–Crippen LogP) is 4.19. The van der Waals surface area contributed by atoms with Crippen LogP contribution in [0.25, 0.3) is 0 Å². The van der Waals surface area contributed by atoms with Gasteiger partial charge in [0.15, 0.2) is 0 Å². The Labute approximate surface area is 109 Å². The molecule has 0 saturated carbocycles. The molecular formula is C14H22ClNO. The van der Waals surface area contributed by atoms with Crippen LogP contribution >= 0.6 is 11.6 Å². The molecule has 1 aromatic carbocycles. The Kier molecular flexibility index (Phi) is 5.79. The van der Waals surface area contributed by atoms with Gasteiger partial charge in [-0.3, -0.25) is 0 Å². The van der Waals surface area contributed by atoms with Crippen molar-refractivity contribution in [3.63, 3.8) is 0 Å². The van der Waals surface area contributed by atoms with Crippen molar-refractivity contribution in [2.24, 2.45) is 0 Å². The van der Waals surface area contributed by atoms with Crippen LogP contribution in [0.5, 0.6) is 5.75 Å². The van der Waals surface area contributed by atoms with Crippen LogP contribution in [0.15, 0.2) is 18.2 Å². The molecule has 0 amide bonds. The van der Waals surface area contributed by atoms with E-state index in [0.717, 1.165) is 29.3 Å². The van der Waals surface area contributed by atoms with Crippen LogP contribution in [0.4, 0.5) is 0 Å². The Morgan fingerprint density at radius 2 is 2.00 bits per heavy atom. The predicted molar refractivity (Wildman–Crippen MR) is 73.9 cm³/mol. The average Bonchev–Trinajstić information content (AvgIpc) is 2.27. The van der Waals surface area contributed by atoms with Crippen LogP contribution < -0.4 is 10.1 Å². The summed E-state index contributed by atoms with van der Waals surface area (Å²) in [6.07, 6.45) is 1.29. The van der Waals surface area contributed by atoms with Gasteiger partial charge in [-0.05, 0) is 51.9 Å². The van der Waals surface area contributed by atoms with Crippen molar-refractivity contribution in [3.05, 3.63) is 28.8 Å². The summed E-state index contributed by atoms with van der Waals surface area (Å²) in [5.41, 5.74) is 1.12. The minimum Gasteiger partial charge on any atom is -0.491 e. The molecule has 17 heavy (non-hydrogen) atoms. The number of ether oxygens (including phenoxy) is 1. The Morgan fingerprint density at radius 1 is 1.29 bits per heavy atom. The van der Waals surface area contributed by atoms with Gasteiger partial charge in [-0.2, -0.15) is 0 Å². The Morgan fingerprint density at radius 3 is 2.59 bits per heavy atom. The molecule has 1 atom stereocenters. The van der Waals surface area contributed by atoms with Gasteiger partial charge >= 0.3 is 0 Å².